The summed E-state index contributed by atoms with van der Waals surface area (Å²) < 4.78 is 10.6. The van der Waals surface area contributed by atoms with Gasteiger partial charge in [0.1, 0.15) is 0 Å². The third kappa shape index (κ3) is 1.51. The van der Waals surface area contributed by atoms with Crippen molar-refractivity contribution < 1.29 is 9.31 Å². The molecule has 1 aliphatic rings. The molecule has 0 atom stereocenters. The van der Waals surface area contributed by atoms with Crippen LogP contribution in [0.2, 0.25) is 0 Å². The van der Waals surface area contributed by atoms with Crippen molar-refractivity contribution in [3.8, 4) is 0 Å². The van der Waals surface area contributed by atoms with Gasteiger partial charge in [-0.05, 0) is 11.5 Å². The standard InChI is InChI=1S/C9H9BO2/c1-2-5-9(6-3-1)10-11-7-4-8-12-10/h1-7H,8H2. The minimum absolute atomic E-state index is 0.226. The molecule has 12 heavy (non-hydrogen) atoms. The molecular weight excluding hydrogens is 151 g/mol. The molecular formula is C9H9BO2. The van der Waals surface area contributed by atoms with Crippen molar-refractivity contribution in [1.82, 2.24) is 0 Å². The monoisotopic (exact) mass is 160 g/mol. The van der Waals surface area contributed by atoms with E-state index in [0.29, 0.717) is 6.61 Å². The van der Waals surface area contributed by atoms with Gasteiger partial charge in [0, 0.05) is 0 Å². The summed E-state index contributed by atoms with van der Waals surface area (Å²) in [6.07, 6.45) is 3.53. The number of rotatable bonds is 1. The molecule has 0 spiro atoms. The van der Waals surface area contributed by atoms with Crippen LogP contribution in [0.25, 0.3) is 0 Å². The third-order valence-electron chi connectivity index (χ3n) is 1.71. The highest BCUT2D eigenvalue weighted by molar-refractivity contribution is 6.61. The van der Waals surface area contributed by atoms with E-state index in [2.05, 4.69) is 0 Å². The second-order valence-electron chi connectivity index (χ2n) is 2.58. The van der Waals surface area contributed by atoms with Crippen molar-refractivity contribution in [1.29, 1.82) is 0 Å². The first-order valence-electron chi connectivity index (χ1n) is 3.94. The number of hydrogen-bond acceptors (Lipinski definition) is 2. The fraction of sp³-hybridized carbons (Fsp3) is 0.111. The third-order valence-corrected chi connectivity index (χ3v) is 1.71. The molecule has 1 aromatic carbocycles. The van der Waals surface area contributed by atoms with Gasteiger partial charge in [-0.2, -0.15) is 0 Å². The van der Waals surface area contributed by atoms with E-state index < -0.39 is 0 Å². The largest absolute Gasteiger partial charge is 0.562 e. The summed E-state index contributed by atoms with van der Waals surface area (Å²) in [5.74, 6) is 0. The lowest BCUT2D eigenvalue weighted by molar-refractivity contribution is 0.264. The van der Waals surface area contributed by atoms with E-state index in [-0.39, 0.29) is 7.12 Å². The van der Waals surface area contributed by atoms with Crippen LogP contribution in [0.5, 0.6) is 0 Å². The van der Waals surface area contributed by atoms with E-state index >= 15 is 0 Å². The molecule has 0 saturated heterocycles. The summed E-state index contributed by atoms with van der Waals surface area (Å²) in [5.41, 5.74) is 1.06. The molecule has 1 aliphatic heterocycles. The molecule has 3 heteroatoms. The van der Waals surface area contributed by atoms with E-state index in [0.717, 1.165) is 5.46 Å². The normalized spacial score (nSPS) is 15.8. The molecule has 0 aromatic heterocycles. The Labute approximate surface area is 72.0 Å². The SMILES string of the molecule is C1=COB(c2ccccc2)OC1. The molecule has 2 rings (SSSR count). The molecule has 1 heterocycles. The lowest BCUT2D eigenvalue weighted by atomic mass is 9.78. The Hall–Kier alpha value is -1.22. The van der Waals surface area contributed by atoms with E-state index in [1.807, 2.05) is 36.4 Å². The van der Waals surface area contributed by atoms with E-state index in [1.54, 1.807) is 6.26 Å². The average molecular weight is 160 g/mol. The maximum Gasteiger partial charge on any atom is 0.562 e. The number of hydrogen-bond donors (Lipinski definition) is 0. The topological polar surface area (TPSA) is 18.5 Å². The van der Waals surface area contributed by atoms with Gasteiger partial charge >= 0.3 is 7.12 Å². The quantitative estimate of drug-likeness (QED) is 0.569. The highest BCUT2D eigenvalue weighted by Gasteiger charge is 2.22. The highest BCUT2D eigenvalue weighted by atomic mass is 16.6. The zero-order chi connectivity index (χ0) is 8.23. The first-order valence-corrected chi connectivity index (χ1v) is 3.94. The Morgan fingerprint density at radius 1 is 1.17 bits per heavy atom. The van der Waals surface area contributed by atoms with Gasteiger partial charge in [-0.25, -0.2) is 0 Å². The molecule has 0 bridgehead atoms. The molecule has 0 saturated carbocycles. The molecule has 0 aliphatic carbocycles. The molecule has 0 unspecified atom stereocenters. The Bertz CT molecular complexity index is 271. The molecule has 2 nitrogen and oxygen atoms in total. The number of benzene rings is 1. The second-order valence-corrected chi connectivity index (χ2v) is 2.58. The first kappa shape index (κ1) is 7.43. The zero-order valence-electron chi connectivity index (χ0n) is 6.64. The van der Waals surface area contributed by atoms with Gasteiger partial charge in [0.05, 0.1) is 12.9 Å². The summed E-state index contributed by atoms with van der Waals surface area (Å²) in [4.78, 5) is 0. The predicted molar refractivity (Wildman–Crippen MR) is 48.0 cm³/mol. The van der Waals surface area contributed by atoms with Crippen LogP contribution in [0.3, 0.4) is 0 Å². The highest BCUT2D eigenvalue weighted by Crippen LogP contribution is 1.98. The van der Waals surface area contributed by atoms with Crippen LogP contribution in [0.15, 0.2) is 42.7 Å². The summed E-state index contributed by atoms with van der Waals surface area (Å²) in [5, 5.41) is 0. The van der Waals surface area contributed by atoms with Gasteiger partial charge < -0.3 is 9.31 Å². The van der Waals surface area contributed by atoms with Gasteiger partial charge in [0.25, 0.3) is 0 Å². The van der Waals surface area contributed by atoms with Gasteiger partial charge in [-0.3, -0.25) is 0 Å². The van der Waals surface area contributed by atoms with E-state index in [9.17, 15) is 0 Å². The van der Waals surface area contributed by atoms with Gasteiger partial charge in [-0.15, -0.1) is 0 Å². The average Bonchev–Trinajstić information content (AvgIpc) is 2.21. The Kier molecular flexibility index (Phi) is 2.14. The van der Waals surface area contributed by atoms with Crippen LogP contribution in [0.4, 0.5) is 0 Å². The second kappa shape index (κ2) is 3.45. The maximum absolute atomic E-state index is 5.35. The minimum atomic E-state index is -0.226. The van der Waals surface area contributed by atoms with Crippen molar-refractivity contribution >= 4 is 12.6 Å². The first-order chi connectivity index (χ1) is 5.97. The predicted octanol–water partition coefficient (Wildman–Crippen LogP) is 0.942. The minimum Gasteiger partial charge on any atom is -0.538 e. The fourth-order valence-corrected chi connectivity index (χ4v) is 1.13. The molecule has 1 aromatic rings. The Morgan fingerprint density at radius 2 is 2.00 bits per heavy atom. The van der Waals surface area contributed by atoms with Crippen LogP contribution in [0.1, 0.15) is 0 Å². The van der Waals surface area contributed by atoms with Crippen LogP contribution in [-0.4, -0.2) is 13.7 Å². The summed E-state index contributed by atoms with van der Waals surface area (Å²) in [6, 6.07) is 9.90. The van der Waals surface area contributed by atoms with E-state index in [4.69, 9.17) is 9.31 Å². The smallest absolute Gasteiger partial charge is 0.538 e. The van der Waals surface area contributed by atoms with Crippen LogP contribution >= 0.6 is 0 Å². The molecule has 0 N–H and O–H groups in total. The van der Waals surface area contributed by atoms with Crippen molar-refractivity contribution in [3.05, 3.63) is 42.7 Å². The van der Waals surface area contributed by atoms with Crippen LogP contribution in [0, 0.1) is 0 Å². The van der Waals surface area contributed by atoms with Gasteiger partial charge in [0.2, 0.25) is 0 Å². The molecule has 0 fully saturated rings. The van der Waals surface area contributed by atoms with Gasteiger partial charge in [0.15, 0.2) is 0 Å². The Balaban J connectivity index is 2.15. The van der Waals surface area contributed by atoms with Crippen molar-refractivity contribution in [2.75, 3.05) is 6.61 Å². The van der Waals surface area contributed by atoms with Crippen LogP contribution in [-0.2, 0) is 9.31 Å². The Morgan fingerprint density at radius 3 is 2.67 bits per heavy atom. The molecule has 60 valence electrons. The van der Waals surface area contributed by atoms with E-state index in [1.165, 1.54) is 0 Å². The summed E-state index contributed by atoms with van der Waals surface area (Å²) in [7, 11) is -0.226. The fourth-order valence-electron chi connectivity index (χ4n) is 1.13. The summed E-state index contributed by atoms with van der Waals surface area (Å²) in [6.45, 7) is 0.625. The van der Waals surface area contributed by atoms with Crippen LogP contribution < -0.4 is 5.46 Å². The van der Waals surface area contributed by atoms with Gasteiger partial charge in [-0.1, -0.05) is 30.3 Å². The summed E-state index contributed by atoms with van der Waals surface area (Å²) >= 11 is 0. The zero-order valence-corrected chi connectivity index (χ0v) is 6.64. The van der Waals surface area contributed by atoms with Crippen molar-refractivity contribution in [3.63, 3.8) is 0 Å². The maximum atomic E-state index is 5.35. The van der Waals surface area contributed by atoms with Crippen molar-refractivity contribution in [2.45, 2.75) is 0 Å². The lowest BCUT2D eigenvalue weighted by Crippen LogP contribution is -2.37. The lowest BCUT2D eigenvalue weighted by Gasteiger charge is -2.15. The molecule has 0 amide bonds. The van der Waals surface area contributed by atoms with Crippen molar-refractivity contribution in [2.24, 2.45) is 0 Å². The molecule has 0 radical (unpaired) electrons.